The molecule has 1 aromatic carbocycles. The molecule has 0 spiro atoms. The molecule has 19 heavy (non-hydrogen) atoms. The van der Waals surface area contributed by atoms with Crippen LogP contribution in [0.3, 0.4) is 0 Å². The van der Waals surface area contributed by atoms with Gasteiger partial charge in [0.15, 0.2) is 0 Å². The molecule has 0 aliphatic carbocycles. The van der Waals surface area contributed by atoms with Gasteiger partial charge in [0, 0.05) is 6.20 Å². The van der Waals surface area contributed by atoms with E-state index >= 15 is 0 Å². The Bertz CT molecular complexity index is 595. The van der Waals surface area contributed by atoms with E-state index in [9.17, 15) is 4.79 Å². The quantitative estimate of drug-likeness (QED) is 0.889. The molecule has 98 valence electrons. The summed E-state index contributed by atoms with van der Waals surface area (Å²) in [6, 6.07) is 11.6. The molecule has 0 saturated carbocycles. The molecule has 0 aliphatic heterocycles. The Labute approximate surface area is 112 Å². The maximum absolute atomic E-state index is 10.9. The van der Waals surface area contributed by atoms with Crippen LogP contribution < -0.4 is 0 Å². The normalized spacial score (nSPS) is 11.3. The molecule has 1 aromatic heterocycles. The van der Waals surface area contributed by atoms with E-state index < -0.39 is 5.97 Å². The summed E-state index contributed by atoms with van der Waals surface area (Å²) < 4.78 is 0. The maximum Gasteiger partial charge on any atom is 0.354 e. The van der Waals surface area contributed by atoms with Crippen molar-refractivity contribution in [2.75, 3.05) is 0 Å². The molecule has 0 atom stereocenters. The Kier molecular flexibility index (Phi) is 3.38. The first-order chi connectivity index (χ1) is 8.88. The number of carboxylic acids is 1. The topological polar surface area (TPSA) is 50.2 Å². The zero-order valence-electron chi connectivity index (χ0n) is 11.3. The first-order valence-corrected chi connectivity index (χ1v) is 6.18. The number of benzene rings is 1. The van der Waals surface area contributed by atoms with E-state index in [1.807, 2.05) is 18.2 Å². The van der Waals surface area contributed by atoms with Gasteiger partial charge in [0.25, 0.3) is 0 Å². The Hall–Kier alpha value is -2.16. The number of hydrogen-bond acceptors (Lipinski definition) is 2. The van der Waals surface area contributed by atoms with Crippen molar-refractivity contribution in [2.45, 2.75) is 26.2 Å². The molecule has 2 rings (SSSR count). The maximum atomic E-state index is 10.9. The molecular weight excluding hydrogens is 238 g/mol. The highest BCUT2D eigenvalue weighted by Gasteiger charge is 2.13. The average Bonchev–Trinajstić information content (AvgIpc) is 2.38. The number of pyridine rings is 1. The molecule has 0 aliphatic rings. The number of aromatic nitrogens is 1. The number of rotatable bonds is 2. The fourth-order valence-corrected chi connectivity index (χ4v) is 1.89. The van der Waals surface area contributed by atoms with Crippen LogP contribution in [-0.4, -0.2) is 16.1 Å². The van der Waals surface area contributed by atoms with Crippen molar-refractivity contribution in [3.63, 3.8) is 0 Å². The standard InChI is InChI=1S/C16H17NO2/c1-16(2,3)13-6-4-11(5-7-13)12-8-9-17-14(10-12)15(18)19/h4-10H,1-3H3,(H,18,19). The Morgan fingerprint density at radius 3 is 2.21 bits per heavy atom. The molecule has 0 unspecified atom stereocenters. The summed E-state index contributed by atoms with van der Waals surface area (Å²) in [4.78, 5) is 14.7. The largest absolute Gasteiger partial charge is 0.477 e. The van der Waals surface area contributed by atoms with Crippen LogP contribution in [0.4, 0.5) is 0 Å². The van der Waals surface area contributed by atoms with E-state index in [0.717, 1.165) is 11.1 Å². The number of carboxylic acid groups (broad SMARTS) is 1. The van der Waals surface area contributed by atoms with Gasteiger partial charge in [-0.2, -0.15) is 0 Å². The minimum Gasteiger partial charge on any atom is -0.477 e. The van der Waals surface area contributed by atoms with Crippen molar-refractivity contribution in [3.05, 3.63) is 53.9 Å². The lowest BCUT2D eigenvalue weighted by Gasteiger charge is -2.19. The monoisotopic (exact) mass is 255 g/mol. The van der Waals surface area contributed by atoms with Gasteiger partial charge in [0.05, 0.1) is 0 Å². The van der Waals surface area contributed by atoms with Crippen molar-refractivity contribution in [1.29, 1.82) is 0 Å². The van der Waals surface area contributed by atoms with Gasteiger partial charge in [0.2, 0.25) is 0 Å². The first-order valence-electron chi connectivity index (χ1n) is 6.18. The fraction of sp³-hybridized carbons (Fsp3) is 0.250. The van der Waals surface area contributed by atoms with Crippen LogP contribution in [0.5, 0.6) is 0 Å². The third-order valence-electron chi connectivity index (χ3n) is 3.06. The first kappa shape index (κ1) is 13.3. The molecule has 0 bridgehead atoms. The van der Waals surface area contributed by atoms with Gasteiger partial charge in [0.1, 0.15) is 5.69 Å². The summed E-state index contributed by atoms with van der Waals surface area (Å²) in [6.07, 6.45) is 1.52. The summed E-state index contributed by atoms with van der Waals surface area (Å²) in [5.74, 6) is -1.01. The van der Waals surface area contributed by atoms with Crippen LogP contribution in [0.15, 0.2) is 42.6 Å². The average molecular weight is 255 g/mol. The highest BCUT2D eigenvalue weighted by atomic mass is 16.4. The van der Waals surface area contributed by atoms with E-state index in [-0.39, 0.29) is 11.1 Å². The second-order valence-corrected chi connectivity index (χ2v) is 5.56. The predicted octanol–water partition coefficient (Wildman–Crippen LogP) is 3.74. The van der Waals surface area contributed by atoms with Gasteiger partial charge in [-0.25, -0.2) is 9.78 Å². The van der Waals surface area contributed by atoms with Gasteiger partial charge in [-0.3, -0.25) is 0 Å². The molecule has 1 N–H and O–H groups in total. The van der Waals surface area contributed by atoms with Crippen molar-refractivity contribution in [1.82, 2.24) is 4.98 Å². The molecule has 0 fully saturated rings. The summed E-state index contributed by atoms with van der Waals surface area (Å²) in [7, 11) is 0. The third kappa shape index (κ3) is 2.99. The van der Waals surface area contributed by atoms with Crippen LogP contribution in [0.25, 0.3) is 11.1 Å². The number of carbonyl (C=O) groups is 1. The van der Waals surface area contributed by atoms with E-state index in [1.165, 1.54) is 11.8 Å². The number of aromatic carboxylic acids is 1. The van der Waals surface area contributed by atoms with Gasteiger partial charge in [-0.15, -0.1) is 0 Å². The van der Waals surface area contributed by atoms with E-state index in [1.54, 1.807) is 6.07 Å². The van der Waals surface area contributed by atoms with Crippen LogP contribution in [0, 0.1) is 0 Å². The van der Waals surface area contributed by atoms with E-state index in [4.69, 9.17) is 5.11 Å². The van der Waals surface area contributed by atoms with E-state index in [0.29, 0.717) is 0 Å². The molecule has 3 heteroatoms. The van der Waals surface area contributed by atoms with Gasteiger partial charge in [-0.1, -0.05) is 45.0 Å². The lowest BCUT2D eigenvalue weighted by atomic mass is 9.86. The minimum absolute atomic E-state index is 0.0670. The number of nitrogens with zero attached hydrogens (tertiary/aromatic N) is 1. The van der Waals surface area contributed by atoms with Crippen LogP contribution >= 0.6 is 0 Å². The van der Waals surface area contributed by atoms with Crippen molar-refractivity contribution in [3.8, 4) is 11.1 Å². The van der Waals surface area contributed by atoms with Gasteiger partial charge < -0.3 is 5.11 Å². The molecule has 0 radical (unpaired) electrons. The van der Waals surface area contributed by atoms with Crippen LogP contribution in [-0.2, 0) is 5.41 Å². The Morgan fingerprint density at radius 1 is 1.05 bits per heavy atom. The summed E-state index contributed by atoms with van der Waals surface area (Å²) in [5.41, 5.74) is 3.30. The SMILES string of the molecule is CC(C)(C)c1ccc(-c2ccnc(C(=O)O)c2)cc1. The minimum atomic E-state index is -1.01. The number of hydrogen-bond donors (Lipinski definition) is 1. The summed E-state index contributed by atoms with van der Waals surface area (Å²) in [5, 5.41) is 8.94. The van der Waals surface area contributed by atoms with Crippen LogP contribution in [0.1, 0.15) is 36.8 Å². The molecule has 0 saturated heterocycles. The second-order valence-electron chi connectivity index (χ2n) is 5.56. The third-order valence-corrected chi connectivity index (χ3v) is 3.06. The lowest BCUT2D eigenvalue weighted by Crippen LogP contribution is -2.10. The molecular formula is C16H17NO2. The summed E-state index contributed by atoms with van der Waals surface area (Å²) >= 11 is 0. The smallest absolute Gasteiger partial charge is 0.354 e. The molecule has 0 amide bonds. The Balaban J connectivity index is 2.37. The summed E-state index contributed by atoms with van der Waals surface area (Å²) in [6.45, 7) is 6.49. The highest BCUT2D eigenvalue weighted by Crippen LogP contribution is 2.26. The Morgan fingerprint density at radius 2 is 1.68 bits per heavy atom. The van der Waals surface area contributed by atoms with Gasteiger partial charge in [-0.05, 0) is 34.2 Å². The van der Waals surface area contributed by atoms with Crippen molar-refractivity contribution >= 4 is 5.97 Å². The zero-order valence-corrected chi connectivity index (χ0v) is 11.3. The van der Waals surface area contributed by atoms with Gasteiger partial charge >= 0.3 is 5.97 Å². The van der Waals surface area contributed by atoms with E-state index in [2.05, 4.69) is 37.9 Å². The van der Waals surface area contributed by atoms with Crippen LogP contribution in [0.2, 0.25) is 0 Å². The lowest BCUT2D eigenvalue weighted by molar-refractivity contribution is 0.0690. The molecule has 3 nitrogen and oxygen atoms in total. The molecule has 2 aromatic rings. The zero-order chi connectivity index (χ0) is 14.0. The van der Waals surface area contributed by atoms with Crippen molar-refractivity contribution in [2.24, 2.45) is 0 Å². The fourth-order valence-electron chi connectivity index (χ4n) is 1.89. The molecule has 1 heterocycles. The second kappa shape index (κ2) is 4.84. The van der Waals surface area contributed by atoms with Crippen molar-refractivity contribution < 1.29 is 9.90 Å². The highest BCUT2D eigenvalue weighted by molar-refractivity contribution is 5.87. The predicted molar refractivity (Wildman–Crippen MR) is 75.3 cm³/mol.